The molecular weight excluding hydrogens is 196 g/mol. The van der Waals surface area contributed by atoms with Gasteiger partial charge in [0.25, 0.3) is 0 Å². The fourth-order valence-corrected chi connectivity index (χ4v) is 1.04. The summed E-state index contributed by atoms with van der Waals surface area (Å²) in [5, 5.41) is 27.1. The molecule has 0 bridgehead atoms. The molecular formula is C11H22O4. The Hall–Kier alpha value is -0.580. The number of hydrogen-bond donors (Lipinski definition) is 3. The van der Waals surface area contributed by atoms with Crippen LogP contribution in [-0.4, -0.2) is 41.7 Å². The molecule has 0 aliphatic rings. The SMILES string of the molecule is CCC(=COCC(CO)(CO)CO)CC. The van der Waals surface area contributed by atoms with Crippen LogP contribution < -0.4 is 0 Å². The normalized spacial score (nSPS) is 11.3. The van der Waals surface area contributed by atoms with Gasteiger partial charge in [0.15, 0.2) is 0 Å². The van der Waals surface area contributed by atoms with E-state index in [1.54, 1.807) is 6.26 Å². The Balaban J connectivity index is 4.16. The first-order valence-electron chi connectivity index (χ1n) is 5.30. The Morgan fingerprint density at radius 2 is 1.53 bits per heavy atom. The van der Waals surface area contributed by atoms with Crippen molar-refractivity contribution >= 4 is 0 Å². The molecule has 0 atom stereocenters. The third-order valence-corrected chi connectivity index (χ3v) is 2.55. The summed E-state index contributed by atoms with van der Waals surface area (Å²) >= 11 is 0. The van der Waals surface area contributed by atoms with Gasteiger partial charge >= 0.3 is 0 Å². The molecule has 4 nitrogen and oxygen atoms in total. The number of rotatable bonds is 8. The van der Waals surface area contributed by atoms with Gasteiger partial charge in [-0.2, -0.15) is 0 Å². The Morgan fingerprint density at radius 3 is 1.87 bits per heavy atom. The predicted octanol–water partition coefficient (Wildman–Crippen LogP) is 0.670. The smallest absolute Gasteiger partial charge is 0.0995 e. The molecule has 90 valence electrons. The summed E-state index contributed by atoms with van der Waals surface area (Å²) in [4.78, 5) is 0. The fraction of sp³-hybridized carbons (Fsp3) is 0.818. The molecule has 0 unspecified atom stereocenters. The van der Waals surface area contributed by atoms with E-state index in [2.05, 4.69) is 0 Å². The molecule has 0 aromatic rings. The van der Waals surface area contributed by atoms with Crippen LogP contribution in [0.3, 0.4) is 0 Å². The van der Waals surface area contributed by atoms with Crippen LogP contribution in [0.5, 0.6) is 0 Å². The van der Waals surface area contributed by atoms with Gasteiger partial charge in [0.2, 0.25) is 0 Å². The van der Waals surface area contributed by atoms with E-state index in [9.17, 15) is 0 Å². The van der Waals surface area contributed by atoms with Gasteiger partial charge in [0.1, 0.15) is 0 Å². The van der Waals surface area contributed by atoms with Crippen molar-refractivity contribution in [3.8, 4) is 0 Å². The summed E-state index contributed by atoms with van der Waals surface area (Å²) in [6.45, 7) is 3.33. The van der Waals surface area contributed by atoms with Crippen molar-refractivity contribution in [2.75, 3.05) is 26.4 Å². The summed E-state index contributed by atoms with van der Waals surface area (Å²) in [6.07, 6.45) is 3.48. The molecule has 0 radical (unpaired) electrons. The van der Waals surface area contributed by atoms with Crippen LogP contribution in [0.15, 0.2) is 11.8 Å². The first-order chi connectivity index (χ1) is 7.17. The van der Waals surface area contributed by atoms with Crippen LogP contribution in [0.25, 0.3) is 0 Å². The van der Waals surface area contributed by atoms with Crippen molar-refractivity contribution in [2.45, 2.75) is 26.7 Å². The minimum atomic E-state index is -0.941. The zero-order chi connectivity index (χ0) is 11.7. The summed E-state index contributed by atoms with van der Waals surface area (Å²) in [7, 11) is 0. The van der Waals surface area contributed by atoms with E-state index in [1.165, 1.54) is 0 Å². The number of allylic oxidation sites excluding steroid dienone is 1. The van der Waals surface area contributed by atoms with Gasteiger partial charge < -0.3 is 20.1 Å². The van der Waals surface area contributed by atoms with Crippen molar-refractivity contribution in [3.05, 3.63) is 11.8 Å². The van der Waals surface area contributed by atoms with E-state index in [4.69, 9.17) is 20.1 Å². The van der Waals surface area contributed by atoms with Gasteiger partial charge in [-0.15, -0.1) is 0 Å². The van der Waals surface area contributed by atoms with Gasteiger partial charge in [-0.1, -0.05) is 13.8 Å². The second-order valence-electron chi connectivity index (χ2n) is 3.77. The third-order valence-electron chi connectivity index (χ3n) is 2.55. The topological polar surface area (TPSA) is 69.9 Å². The molecule has 15 heavy (non-hydrogen) atoms. The molecule has 3 N–H and O–H groups in total. The summed E-state index contributed by atoms with van der Waals surface area (Å²) in [5.41, 5.74) is 0.223. The minimum absolute atomic E-state index is 0.125. The van der Waals surface area contributed by atoms with Crippen LogP contribution in [0.1, 0.15) is 26.7 Å². The zero-order valence-corrected chi connectivity index (χ0v) is 9.57. The highest BCUT2D eigenvalue weighted by atomic mass is 16.5. The highest BCUT2D eigenvalue weighted by Gasteiger charge is 2.28. The molecule has 0 spiro atoms. The van der Waals surface area contributed by atoms with Crippen molar-refractivity contribution < 1.29 is 20.1 Å². The average molecular weight is 218 g/mol. The van der Waals surface area contributed by atoms with Crippen LogP contribution in [0.4, 0.5) is 0 Å². The molecule has 0 heterocycles. The minimum Gasteiger partial charge on any atom is -0.500 e. The lowest BCUT2D eigenvalue weighted by Gasteiger charge is -2.26. The molecule has 0 aromatic heterocycles. The van der Waals surface area contributed by atoms with E-state index in [0.29, 0.717) is 0 Å². The maximum Gasteiger partial charge on any atom is 0.0995 e. The molecule has 0 fully saturated rings. The van der Waals surface area contributed by atoms with Crippen molar-refractivity contribution in [3.63, 3.8) is 0 Å². The van der Waals surface area contributed by atoms with E-state index < -0.39 is 5.41 Å². The van der Waals surface area contributed by atoms with E-state index in [0.717, 1.165) is 18.4 Å². The quantitative estimate of drug-likeness (QED) is 0.524. The number of ether oxygens (including phenoxy) is 1. The summed E-state index contributed by atoms with van der Waals surface area (Å²) in [5.74, 6) is 0. The highest BCUT2D eigenvalue weighted by molar-refractivity contribution is 4.95. The highest BCUT2D eigenvalue weighted by Crippen LogP contribution is 2.16. The van der Waals surface area contributed by atoms with Crippen molar-refractivity contribution in [1.82, 2.24) is 0 Å². The number of hydrogen-bond acceptors (Lipinski definition) is 4. The lowest BCUT2D eigenvalue weighted by Crippen LogP contribution is -2.38. The van der Waals surface area contributed by atoms with Crippen LogP contribution in [-0.2, 0) is 4.74 Å². The van der Waals surface area contributed by atoms with Gasteiger partial charge in [-0.3, -0.25) is 0 Å². The molecule has 0 saturated carbocycles. The predicted molar refractivity (Wildman–Crippen MR) is 58.3 cm³/mol. The zero-order valence-electron chi connectivity index (χ0n) is 9.57. The van der Waals surface area contributed by atoms with Crippen LogP contribution in [0.2, 0.25) is 0 Å². The lowest BCUT2D eigenvalue weighted by atomic mass is 9.93. The second kappa shape index (κ2) is 7.68. The largest absolute Gasteiger partial charge is 0.500 e. The Bertz CT molecular complexity index is 171. The van der Waals surface area contributed by atoms with Crippen molar-refractivity contribution in [2.24, 2.45) is 5.41 Å². The summed E-state index contributed by atoms with van der Waals surface area (Å²) < 4.78 is 5.27. The molecule has 0 saturated heterocycles. The van der Waals surface area contributed by atoms with Gasteiger partial charge in [0, 0.05) is 0 Å². The van der Waals surface area contributed by atoms with Crippen molar-refractivity contribution in [1.29, 1.82) is 0 Å². The van der Waals surface area contributed by atoms with E-state index in [-0.39, 0.29) is 26.4 Å². The molecule has 4 heteroatoms. The molecule has 0 amide bonds. The maximum atomic E-state index is 9.04. The third kappa shape index (κ3) is 4.64. The molecule has 0 aromatic carbocycles. The van der Waals surface area contributed by atoms with E-state index in [1.807, 2.05) is 13.8 Å². The molecule has 0 rings (SSSR count). The number of aliphatic hydroxyl groups excluding tert-OH is 3. The first kappa shape index (κ1) is 14.4. The lowest BCUT2D eigenvalue weighted by molar-refractivity contribution is -0.0372. The van der Waals surface area contributed by atoms with Crippen LogP contribution in [0, 0.1) is 5.41 Å². The van der Waals surface area contributed by atoms with Gasteiger partial charge in [-0.25, -0.2) is 0 Å². The molecule has 0 aliphatic heterocycles. The molecule has 0 aliphatic carbocycles. The van der Waals surface area contributed by atoms with Gasteiger partial charge in [0.05, 0.1) is 38.1 Å². The second-order valence-corrected chi connectivity index (χ2v) is 3.77. The van der Waals surface area contributed by atoms with Gasteiger partial charge in [-0.05, 0) is 18.4 Å². The fourth-order valence-electron chi connectivity index (χ4n) is 1.04. The Morgan fingerprint density at radius 1 is 1.07 bits per heavy atom. The average Bonchev–Trinajstić information content (AvgIpc) is 2.31. The Kier molecular flexibility index (Phi) is 7.38. The summed E-state index contributed by atoms with van der Waals surface area (Å²) in [6, 6.07) is 0. The van der Waals surface area contributed by atoms with E-state index >= 15 is 0 Å². The standard InChI is InChI=1S/C11H22O4/c1-3-10(4-2)5-15-9-11(6-12,7-13)8-14/h5,12-14H,3-4,6-9H2,1-2H3. The maximum absolute atomic E-state index is 9.04. The first-order valence-corrected chi connectivity index (χ1v) is 5.30. The number of aliphatic hydroxyl groups is 3. The van der Waals surface area contributed by atoms with Crippen LogP contribution >= 0.6 is 0 Å². The monoisotopic (exact) mass is 218 g/mol. The Labute approximate surface area is 91.2 Å².